The molecular formula is C39H51N3O7. The standard InChI is InChI=1S/C39H51N3O7/c1-37(2,3)42(34(45)30(23-26-17-12-10-13-18-26)41-36(47)49-39(7,8)9)32(28-21-16-22-29(43)25-28)33(44)40-31(35(46)48-38(4,5)6)24-27-19-14-11-15-20-27/h10-22,25,30-32,43H,23-24H2,1-9H3,(H,40,44)(H,41,47). The number of rotatable bonds is 11. The Bertz CT molecular complexity index is 1570. The number of phenolic OH excluding ortho intramolecular Hbond substituents is 1. The highest BCUT2D eigenvalue weighted by Gasteiger charge is 2.43. The van der Waals surface area contributed by atoms with Gasteiger partial charge in [-0.2, -0.15) is 0 Å². The third-order valence-corrected chi connectivity index (χ3v) is 7.21. The first kappa shape index (κ1) is 38.6. The lowest BCUT2D eigenvalue weighted by molar-refractivity contribution is -0.159. The maximum absolute atomic E-state index is 14.8. The number of ether oxygens (including phenoxy) is 2. The second kappa shape index (κ2) is 16.0. The van der Waals surface area contributed by atoms with Crippen LogP contribution < -0.4 is 10.6 Å². The van der Waals surface area contributed by atoms with E-state index in [-0.39, 0.29) is 18.6 Å². The SMILES string of the molecule is CC(C)(C)OC(=O)NC(Cc1ccccc1)C(=O)N(C(C(=O)NC(Cc1ccccc1)C(=O)OC(C)(C)C)c1cccc(O)c1)C(C)(C)C. The van der Waals surface area contributed by atoms with Gasteiger partial charge in [-0.3, -0.25) is 9.59 Å². The smallest absolute Gasteiger partial charge is 0.408 e. The molecule has 49 heavy (non-hydrogen) atoms. The fourth-order valence-corrected chi connectivity index (χ4v) is 5.29. The van der Waals surface area contributed by atoms with Crippen molar-refractivity contribution in [3.05, 3.63) is 102 Å². The maximum atomic E-state index is 14.8. The molecule has 3 rings (SSSR count). The van der Waals surface area contributed by atoms with Crippen molar-refractivity contribution >= 4 is 23.9 Å². The van der Waals surface area contributed by atoms with Gasteiger partial charge in [0.1, 0.15) is 35.1 Å². The topological polar surface area (TPSA) is 134 Å². The van der Waals surface area contributed by atoms with Crippen LogP contribution >= 0.6 is 0 Å². The van der Waals surface area contributed by atoms with Gasteiger partial charge in [-0.05, 0) is 91.1 Å². The van der Waals surface area contributed by atoms with Crippen LogP contribution in [0.3, 0.4) is 0 Å². The average molecular weight is 674 g/mol. The summed E-state index contributed by atoms with van der Waals surface area (Å²) in [5, 5.41) is 16.1. The van der Waals surface area contributed by atoms with Gasteiger partial charge in [0.25, 0.3) is 0 Å². The molecule has 0 aliphatic carbocycles. The van der Waals surface area contributed by atoms with Crippen LogP contribution in [0.15, 0.2) is 84.9 Å². The van der Waals surface area contributed by atoms with E-state index in [1.807, 2.05) is 60.7 Å². The van der Waals surface area contributed by atoms with Crippen molar-refractivity contribution in [3.63, 3.8) is 0 Å². The summed E-state index contributed by atoms with van der Waals surface area (Å²) in [6.07, 6.45) is -0.551. The molecule has 3 amide bonds. The normalized spacial score (nSPS) is 13.7. The highest BCUT2D eigenvalue weighted by molar-refractivity contribution is 5.94. The Hall–Kier alpha value is -4.86. The summed E-state index contributed by atoms with van der Waals surface area (Å²) < 4.78 is 11.2. The van der Waals surface area contributed by atoms with Crippen LogP contribution in [-0.2, 0) is 36.7 Å². The number of carbonyl (C=O) groups excluding carboxylic acids is 4. The van der Waals surface area contributed by atoms with Crippen LogP contribution in [0.4, 0.5) is 4.79 Å². The van der Waals surface area contributed by atoms with E-state index in [1.165, 1.54) is 17.0 Å². The lowest BCUT2D eigenvalue weighted by atomic mass is 9.93. The fourth-order valence-electron chi connectivity index (χ4n) is 5.29. The lowest BCUT2D eigenvalue weighted by Gasteiger charge is -2.43. The number of nitrogens with zero attached hydrogens (tertiary/aromatic N) is 1. The van der Waals surface area contributed by atoms with Gasteiger partial charge >= 0.3 is 12.1 Å². The maximum Gasteiger partial charge on any atom is 0.408 e. The van der Waals surface area contributed by atoms with Crippen molar-refractivity contribution in [2.45, 2.75) is 110 Å². The van der Waals surface area contributed by atoms with Crippen LogP contribution in [0.1, 0.15) is 85.0 Å². The van der Waals surface area contributed by atoms with Crippen LogP contribution in [0.2, 0.25) is 0 Å². The number of aromatic hydroxyl groups is 1. The quantitative estimate of drug-likeness (QED) is 0.205. The molecule has 0 saturated carbocycles. The van der Waals surface area contributed by atoms with Crippen molar-refractivity contribution in [1.82, 2.24) is 15.5 Å². The first-order valence-corrected chi connectivity index (χ1v) is 16.5. The molecule has 3 atom stereocenters. The molecule has 0 fully saturated rings. The second-order valence-electron chi connectivity index (χ2n) is 15.0. The Morgan fingerprint density at radius 1 is 0.673 bits per heavy atom. The van der Waals surface area contributed by atoms with Gasteiger partial charge in [-0.1, -0.05) is 72.8 Å². The zero-order chi connectivity index (χ0) is 36.6. The molecule has 10 heteroatoms. The van der Waals surface area contributed by atoms with Gasteiger partial charge in [0.15, 0.2) is 0 Å². The van der Waals surface area contributed by atoms with E-state index in [2.05, 4.69) is 10.6 Å². The number of benzene rings is 3. The molecule has 10 nitrogen and oxygen atoms in total. The molecule has 3 aromatic carbocycles. The van der Waals surface area contributed by atoms with Crippen molar-refractivity contribution in [2.24, 2.45) is 0 Å². The Balaban J connectivity index is 2.13. The number of hydrogen-bond donors (Lipinski definition) is 3. The van der Waals surface area contributed by atoms with Gasteiger partial charge in [0.05, 0.1) is 0 Å². The van der Waals surface area contributed by atoms with Crippen molar-refractivity contribution in [1.29, 1.82) is 0 Å². The number of phenols is 1. The molecule has 0 saturated heterocycles. The summed E-state index contributed by atoms with van der Waals surface area (Å²) in [4.78, 5) is 57.4. The molecule has 0 aliphatic rings. The minimum Gasteiger partial charge on any atom is -0.508 e. The summed E-state index contributed by atoms with van der Waals surface area (Å²) >= 11 is 0. The monoisotopic (exact) mass is 673 g/mol. The molecule has 0 heterocycles. The van der Waals surface area contributed by atoms with E-state index in [9.17, 15) is 24.3 Å². The first-order chi connectivity index (χ1) is 22.7. The Morgan fingerprint density at radius 2 is 1.18 bits per heavy atom. The third-order valence-electron chi connectivity index (χ3n) is 7.21. The highest BCUT2D eigenvalue weighted by atomic mass is 16.6. The fraction of sp³-hybridized carbons (Fsp3) is 0.436. The molecule has 3 N–H and O–H groups in total. The van der Waals surface area contributed by atoms with Crippen LogP contribution in [0, 0.1) is 0 Å². The van der Waals surface area contributed by atoms with Crippen LogP contribution in [0.25, 0.3) is 0 Å². The number of alkyl carbamates (subject to hydrolysis) is 1. The van der Waals surface area contributed by atoms with E-state index < -0.39 is 58.7 Å². The molecule has 0 aromatic heterocycles. The predicted molar refractivity (Wildman–Crippen MR) is 189 cm³/mol. The minimum absolute atomic E-state index is 0.106. The zero-order valence-corrected chi connectivity index (χ0v) is 30.1. The number of hydrogen-bond acceptors (Lipinski definition) is 7. The average Bonchev–Trinajstić information content (AvgIpc) is 2.97. The minimum atomic E-state index is -1.33. The molecule has 0 aliphatic heterocycles. The summed E-state index contributed by atoms with van der Waals surface area (Å²) in [6.45, 7) is 15.7. The number of esters is 1. The predicted octanol–water partition coefficient (Wildman–Crippen LogP) is 6.27. The Kier molecular flexibility index (Phi) is 12.6. The molecule has 3 aromatic rings. The Labute approximate surface area is 290 Å². The highest BCUT2D eigenvalue weighted by Crippen LogP contribution is 2.32. The van der Waals surface area contributed by atoms with Crippen LogP contribution in [0.5, 0.6) is 5.75 Å². The van der Waals surface area contributed by atoms with Crippen molar-refractivity contribution < 1.29 is 33.8 Å². The molecule has 0 spiro atoms. The lowest BCUT2D eigenvalue weighted by Crippen LogP contribution is -2.60. The Morgan fingerprint density at radius 3 is 1.65 bits per heavy atom. The molecule has 3 unspecified atom stereocenters. The second-order valence-corrected chi connectivity index (χ2v) is 15.0. The summed E-state index contributed by atoms with van der Waals surface area (Å²) in [6, 6.07) is 20.9. The largest absolute Gasteiger partial charge is 0.508 e. The number of nitrogens with one attached hydrogen (secondary N) is 2. The molecule has 264 valence electrons. The van der Waals surface area contributed by atoms with Gasteiger partial charge in [-0.15, -0.1) is 0 Å². The van der Waals surface area contributed by atoms with E-state index in [0.29, 0.717) is 5.56 Å². The molecule has 0 bridgehead atoms. The van der Waals surface area contributed by atoms with Gasteiger partial charge in [0.2, 0.25) is 11.8 Å². The van der Waals surface area contributed by atoms with E-state index >= 15 is 0 Å². The summed E-state index contributed by atoms with van der Waals surface area (Å²) in [5.41, 5.74) is -0.784. The van der Waals surface area contributed by atoms with E-state index in [0.717, 1.165) is 11.1 Å². The molecule has 0 radical (unpaired) electrons. The zero-order valence-electron chi connectivity index (χ0n) is 30.1. The van der Waals surface area contributed by atoms with Crippen molar-refractivity contribution in [2.75, 3.05) is 0 Å². The van der Waals surface area contributed by atoms with Crippen molar-refractivity contribution in [3.8, 4) is 5.75 Å². The number of amides is 3. The van der Waals surface area contributed by atoms with E-state index in [1.54, 1.807) is 74.4 Å². The van der Waals surface area contributed by atoms with Crippen LogP contribution in [-0.4, -0.2) is 62.7 Å². The van der Waals surface area contributed by atoms with E-state index in [4.69, 9.17) is 9.47 Å². The summed E-state index contributed by atoms with van der Waals surface area (Å²) in [5.74, 6) is -1.99. The number of carbonyl (C=O) groups is 4. The van der Waals surface area contributed by atoms with Gasteiger partial charge in [-0.25, -0.2) is 9.59 Å². The van der Waals surface area contributed by atoms with Gasteiger partial charge in [0, 0.05) is 18.4 Å². The molecular weight excluding hydrogens is 622 g/mol. The van der Waals surface area contributed by atoms with Gasteiger partial charge < -0.3 is 30.1 Å². The first-order valence-electron chi connectivity index (χ1n) is 16.5. The third kappa shape index (κ3) is 12.3. The summed E-state index contributed by atoms with van der Waals surface area (Å²) in [7, 11) is 0.